The van der Waals surface area contributed by atoms with Gasteiger partial charge in [0.05, 0.1) is 25.4 Å². The lowest BCUT2D eigenvalue weighted by Crippen LogP contribution is -2.37. The molecule has 1 N–H and O–H groups in total. The van der Waals surface area contributed by atoms with Gasteiger partial charge in [0, 0.05) is 38.3 Å². The molecule has 2 aromatic rings. The summed E-state index contributed by atoms with van der Waals surface area (Å²) in [7, 11) is 0. The molecule has 2 fully saturated rings. The maximum atomic E-state index is 15.0. The Morgan fingerprint density at radius 3 is 2.49 bits per heavy atom. The number of benzene rings is 2. The Morgan fingerprint density at radius 1 is 1.09 bits per heavy atom. The predicted octanol–water partition coefficient (Wildman–Crippen LogP) is 2.93. The zero-order chi connectivity index (χ0) is 24.9. The first-order valence-electron chi connectivity index (χ1n) is 11.0. The average molecular weight is 496 g/mol. The van der Waals surface area contributed by atoms with Gasteiger partial charge in [0.2, 0.25) is 0 Å². The van der Waals surface area contributed by atoms with E-state index in [9.17, 15) is 18.4 Å². The van der Waals surface area contributed by atoms with Crippen LogP contribution in [0.15, 0.2) is 42.5 Å². The molecule has 0 bridgehead atoms. The van der Waals surface area contributed by atoms with E-state index in [4.69, 9.17) is 9.57 Å². The van der Waals surface area contributed by atoms with Crippen LogP contribution in [-0.4, -0.2) is 68.9 Å². The number of ether oxygens (including phenoxy) is 1. The summed E-state index contributed by atoms with van der Waals surface area (Å²) < 4.78 is 59.7. The number of cyclic esters (lactones) is 1. The third-order valence-electron chi connectivity index (χ3n) is 5.66. The number of amides is 2. The molecule has 1 atom stereocenters. The van der Waals surface area contributed by atoms with E-state index in [-0.39, 0.29) is 37.6 Å². The number of alkyl halides is 2. The van der Waals surface area contributed by atoms with Gasteiger partial charge in [-0.05, 0) is 5.56 Å². The van der Waals surface area contributed by atoms with Gasteiger partial charge >= 0.3 is 12.5 Å². The van der Waals surface area contributed by atoms with Crippen LogP contribution in [0.5, 0.6) is 0 Å². The van der Waals surface area contributed by atoms with Crippen molar-refractivity contribution < 1.29 is 36.7 Å². The van der Waals surface area contributed by atoms with Crippen molar-refractivity contribution >= 4 is 23.4 Å². The molecule has 12 heteroatoms. The van der Waals surface area contributed by atoms with Crippen molar-refractivity contribution in [1.82, 2.24) is 10.4 Å². The maximum absolute atomic E-state index is 15.0. The van der Waals surface area contributed by atoms with Crippen LogP contribution in [0.25, 0.3) is 0 Å². The lowest BCUT2D eigenvalue weighted by atomic mass is 10.2. The molecule has 0 aromatic heterocycles. The fourth-order valence-corrected chi connectivity index (χ4v) is 3.96. The minimum atomic E-state index is -3.20. The highest BCUT2D eigenvalue weighted by Gasteiger charge is 2.34. The number of anilines is 2. The van der Waals surface area contributed by atoms with Gasteiger partial charge in [0.15, 0.2) is 11.6 Å². The van der Waals surface area contributed by atoms with E-state index in [1.165, 1.54) is 0 Å². The third kappa shape index (κ3) is 6.01. The van der Waals surface area contributed by atoms with Crippen LogP contribution in [-0.2, 0) is 20.9 Å². The minimum absolute atomic E-state index is 0.0757. The topological polar surface area (TPSA) is 74.4 Å². The van der Waals surface area contributed by atoms with Crippen molar-refractivity contribution in [2.75, 3.05) is 49.1 Å². The van der Waals surface area contributed by atoms with Gasteiger partial charge in [0.1, 0.15) is 11.8 Å². The molecule has 2 aliphatic rings. The second-order valence-electron chi connectivity index (χ2n) is 8.09. The zero-order valence-corrected chi connectivity index (χ0v) is 18.6. The Balaban J connectivity index is 1.40. The molecule has 0 aliphatic carbocycles. The van der Waals surface area contributed by atoms with Crippen LogP contribution in [0, 0.1) is 11.6 Å². The zero-order valence-electron chi connectivity index (χ0n) is 18.6. The van der Waals surface area contributed by atoms with Crippen molar-refractivity contribution in [2.24, 2.45) is 0 Å². The molecule has 1 unspecified atom stereocenters. The summed E-state index contributed by atoms with van der Waals surface area (Å²) in [6.45, 7) is 1.26. The normalized spacial score (nSPS) is 19.1. The lowest BCUT2D eigenvalue weighted by Gasteiger charge is -2.24. The standard InChI is InChI=1S/C23H24F4N4O4/c24-18-10-16(31-14-17(35-23(31)33)12-28-22(32)21(26)27)11-19(25)20(18)29-6-7-30(34-9-8-29)13-15-4-2-1-3-5-15/h1-5,10-11,17,21H,6-9,12-14H2,(H,28,32). The molecule has 35 heavy (non-hydrogen) atoms. The first-order chi connectivity index (χ1) is 16.8. The van der Waals surface area contributed by atoms with Crippen LogP contribution >= 0.6 is 0 Å². The molecule has 2 aliphatic heterocycles. The fourth-order valence-electron chi connectivity index (χ4n) is 3.96. The number of rotatable bonds is 7. The molecular formula is C23H24F4N4O4. The minimum Gasteiger partial charge on any atom is -0.442 e. The Labute approximate surface area is 198 Å². The molecule has 2 amide bonds. The van der Waals surface area contributed by atoms with E-state index in [1.54, 1.807) is 9.96 Å². The van der Waals surface area contributed by atoms with Crippen LogP contribution in [0.2, 0.25) is 0 Å². The first-order valence-corrected chi connectivity index (χ1v) is 11.0. The van der Waals surface area contributed by atoms with Gasteiger partial charge in [-0.3, -0.25) is 14.5 Å². The van der Waals surface area contributed by atoms with Gasteiger partial charge in [-0.2, -0.15) is 13.8 Å². The molecule has 8 nitrogen and oxygen atoms in total. The highest BCUT2D eigenvalue weighted by molar-refractivity contribution is 5.90. The number of nitrogens with one attached hydrogen (secondary N) is 1. The summed E-state index contributed by atoms with van der Waals surface area (Å²) in [5.41, 5.74) is 0.743. The highest BCUT2D eigenvalue weighted by Crippen LogP contribution is 2.31. The van der Waals surface area contributed by atoms with Crippen molar-refractivity contribution in [2.45, 2.75) is 19.1 Å². The van der Waals surface area contributed by atoms with Gasteiger partial charge in [-0.15, -0.1) is 0 Å². The summed E-state index contributed by atoms with van der Waals surface area (Å²) in [6, 6.07) is 11.7. The lowest BCUT2D eigenvalue weighted by molar-refractivity contribution is -0.154. The maximum Gasteiger partial charge on any atom is 0.414 e. The summed E-state index contributed by atoms with van der Waals surface area (Å²) >= 11 is 0. The summed E-state index contributed by atoms with van der Waals surface area (Å²) in [4.78, 5) is 31.4. The van der Waals surface area contributed by atoms with Crippen LogP contribution < -0.4 is 15.1 Å². The summed E-state index contributed by atoms with van der Waals surface area (Å²) in [5.74, 6) is -3.22. The van der Waals surface area contributed by atoms with Crippen LogP contribution in [0.1, 0.15) is 5.56 Å². The average Bonchev–Trinajstić information content (AvgIpc) is 3.05. The number of hydroxylamine groups is 2. The predicted molar refractivity (Wildman–Crippen MR) is 118 cm³/mol. The number of halogens is 4. The Hall–Kier alpha value is -3.38. The molecule has 2 saturated heterocycles. The molecule has 2 heterocycles. The quantitative estimate of drug-likeness (QED) is 0.595. The number of hydrogen-bond acceptors (Lipinski definition) is 6. The fraction of sp³-hybridized carbons (Fsp3) is 0.391. The molecule has 0 radical (unpaired) electrons. The van der Waals surface area contributed by atoms with Gasteiger partial charge < -0.3 is 15.0 Å². The van der Waals surface area contributed by atoms with E-state index in [0.29, 0.717) is 19.6 Å². The second kappa shape index (κ2) is 10.9. The van der Waals surface area contributed by atoms with E-state index < -0.39 is 36.2 Å². The molecular weight excluding hydrogens is 472 g/mol. The molecule has 4 rings (SSSR count). The largest absolute Gasteiger partial charge is 0.442 e. The Kier molecular flexibility index (Phi) is 7.71. The van der Waals surface area contributed by atoms with E-state index in [0.717, 1.165) is 22.6 Å². The van der Waals surface area contributed by atoms with Crippen LogP contribution in [0.4, 0.5) is 33.7 Å². The number of carbonyl (C=O) groups is 2. The smallest absolute Gasteiger partial charge is 0.414 e. The van der Waals surface area contributed by atoms with E-state index >= 15 is 8.78 Å². The van der Waals surface area contributed by atoms with Crippen LogP contribution in [0.3, 0.4) is 0 Å². The molecule has 188 valence electrons. The van der Waals surface area contributed by atoms with Crippen molar-refractivity contribution in [3.05, 3.63) is 59.7 Å². The number of hydrogen-bond donors (Lipinski definition) is 1. The highest BCUT2D eigenvalue weighted by atomic mass is 19.3. The monoisotopic (exact) mass is 496 g/mol. The van der Waals surface area contributed by atoms with Crippen molar-refractivity contribution in [1.29, 1.82) is 0 Å². The third-order valence-corrected chi connectivity index (χ3v) is 5.66. The molecule has 2 aromatic carbocycles. The van der Waals surface area contributed by atoms with Crippen molar-refractivity contribution in [3.63, 3.8) is 0 Å². The number of nitrogens with zero attached hydrogens (tertiary/aromatic N) is 3. The van der Waals surface area contributed by atoms with Gasteiger partial charge in [-0.25, -0.2) is 13.6 Å². The van der Waals surface area contributed by atoms with Gasteiger partial charge in [-0.1, -0.05) is 30.3 Å². The molecule has 0 spiro atoms. The molecule has 0 saturated carbocycles. The summed E-state index contributed by atoms with van der Waals surface area (Å²) in [6.07, 6.45) is -5.03. The second-order valence-corrected chi connectivity index (χ2v) is 8.09. The Morgan fingerprint density at radius 2 is 1.80 bits per heavy atom. The van der Waals surface area contributed by atoms with Gasteiger partial charge in [0.25, 0.3) is 5.91 Å². The SMILES string of the molecule is O=C(NCC1CN(c2cc(F)c(N3CCON(Cc4ccccc4)CC3)c(F)c2)C(=O)O1)C(F)F. The van der Waals surface area contributed by atoms with E-state index in [2.05, 4.69) is 0 Å². The number of carbonyl (C=O) groups excluding carboxylic acids is 2. The first kappa shape index (κ1) is 24.7. The van der Waals surface area contributed by atoms with Crippen molar-refractivity contribution in [3.8, 4) is 0 Å². The Bertz CT molecular complexity index is 1040. The summed E-state index contributed by atoms with van der Waals surface area (Å²) in [5, 5.41) is 3.70. The van der Waals surface area contributed by atoms with E-state index in [1.807, 2.05) is 35.6 Å².